The van der Waals surface area contributed by atoms with E-state index in [0.29, 0.717) is 0 Å². The molecule has 0 saturated heterocycles. The molecule has 1 amide bonds. The zero-order chi connectivity index (χ0) is 14.0. The standard InChI is InChI=1S/C13H9ClF2N2O/c14-9-3-1-2-8(12(9)16)13(19)18-11-6-7(17)4-5-10(11)15/h1-6H,17H2,(H,18,19). The molecule has 98 valence electrons. The van der Waals surface area contributed by atoms with Gasteiger partial charge in [-0.2, -0.15) is 0 Å². The first-order valence-corrected chi connectivity index (χ1v) is 5.67. The minimum Gasteiger partial charge on any atom is -0.399 e. The van der Waals surface area contributed by atoms with E-state index < -0.39 is 17.5 Å². The number of nitrogens with two attached hydrogens (primary N) is 1. The first-order valence-electron chi connectivity index (χ1n) is 5.29. The Labute approximate surface area is 113 Å². The lowest BCUT2D eigenvalue weighted by molar-refractivity contribution is 0.102. The highest BCUT2D eigenvalue weighted by Gasteiger charge is 2.15. The van der Waals surface area contributed by atoms with Crippen LogP contribution in [0.3, 0.4) is 0 Å². The topological polar surface area (TPSA) is 55.1 Å². The van der Waals surface area contributed by atoms with E-state index in [2.05, 4.69) is 5.32 Å². The van der Waals surface area contributed by atoms with Gasteiger partial charge in [0.1, 0.15) is 5.82 Å². The molecule has 0 saturated carbocycles. The summed E-state index contributed by atoms with van der Waals surface area (Å²) < 4.78 is 27.1. The maximum atomic E-state index is 13.6. The van der Waals surface area contributed by atoms with Gasteiger partial charge in [-0.3, -0.25) is 4.79 Å². The van der Waals surface area contributed by atoms with Gasteiger partial charge in [0.25, 0.3) is 5.91 Å². The van der Waals surface area contributed by atoms with Crippen LogP contribution in [0.2, 0.25) is 5.02 Å². The Morgan fingerprint density at radius 2 is 1.95 bits per heavy atom. The number of amides is 1. The smallest absolute Gasteiger partial charge is 0.258 e. The third-order valence-electron chi connectivity index (χ3n) is 2.43. The van der Waals surface area contributed by atoms with Gasteiger partial charge in [-0.1, -0.05) is 17.7 Å². The molecule has 0 atom stereocenters. The Balaban J connectivity index is 2.31. The van der Waals surface area contributed by atoms with Crippen LogP contribution in [0, 0.1) is 11.6 Å². The summed E-state index contributed by atoms with van der Waals surface area (Å²) in [5, 5.41) is 2.06. The van der Waals surface area contributed by atoms with Crippen LogP contribution in [0.15, 0.2) is 36.4 Å². The van der Waals surface area contributed by atoms with Crippen molar-refractivity contribution >= 4 is 28.9 Å². The van der Waals surface area contributed by atoms with Gasteiger partial charge in [-0.05, 0) is 30.3 Å². The zero-order valence-electron chi connectivity index (χ0n) is 9.58. The van der Waals surface area contributed by atoms with Crippen molar-refractivity contribution in [1.29, 1.82) is 0 Å². The Bertz CT molecular complexity index is 647. The van der Waals surface area contributed by atoms with Crippen molar-refractivity contribution in [2.24, 2.45) is 0 Å². The highest BCUT2D eigenvalue weighted by atomic mass is 35.5. The van der Waals surface area contributed by atoms with E-state index in [0.717, 1.165) is 6.07 Å². The summed E-state index contributed by atoms with van der Waals surface area (Å²) in [7, 11) is 0. The quantitative estimate of drug-likeness (QED) is 0.829. The summed E-state index contributed by atoms with van der Waals surface area (Å²) in [6.45, 7) is 0. The number of anilines is 2. The van der Waals surface area contributed by atoms with Gasteiger partial charge in [0, 0.05) is 5.69 Å². The molecule has 3 N–H and O–H groups in total. The van der Waals surface area contributed by atoms with Crippen LogP contribution in [0.25, 0.3) is 0 Å². The lowest BCUT2D eigenvalue weighted by Gasteiger charge is -2.08. The molecule has 19 heavy (non-hydrogen) atoms. The van der Waals surface area contributed by atoms with E-state index in [9.17, 15) is 13.6 Å². The molecular formula is C13H9ClF2N2O. The number of carbonyl (C=O) groups excluding carboxylic acids is 1. The van der Waals surface area contributed by atoms with Gasteiger partial charge in [0.05, 0.1) is 16.3 Å². The largest absolute Gasteiger partial charge is 0.399 e. The van der Waals surface area contributed by atoms with Gasteiger partial charge in [0.15, 0.2) is 5.82 Å². The number of nitrogen functional groups attached to an aromatic ring is 1. The number of nitrogens with one attached hydrogen (secondary N) is 1. The van der Waals surface area contributed by atoms with Crippen molar-refractivity contribution in [2.45, 2.75) is 0 Å². The number of rotatable bonds is 2. The lowest BCUT2D eigenvalue weighted by Crippen LogP contribution is -2.15. The van der Waals surface area contributed by atoms with E-state index in [-0.39, 0.29) is 22.0 Å². The first-order chi connectivity index (χ1) is 8.99. The number of hydrogen-bond acceptors (Lipinski definition) is 2. The lowest BCUT2D eigenvalue weighted by atomic mass is 10.2. The van der Waals surface area contributed by atoms with E-state index in [4.69, 9.17) is 17.3 Å². The second-order valence-corrected chi connectivity index (χ2v) is 4.20. The van der Waals surface area contributed by atoms with Crippen LogP contribution in [-0.2, 0) is 0 Å². The molecule has 2 aromatic rings. The Hall–Kier alpha value is -2.14. The van der Waals surface area contributed by atoms with Crippen LogP contribution < -0.4 is 11.1 Å². The normalized spacial score (nSPS) is 10.3. The Morgan fingerprint density at radius 3 is 2.68 bits per heavy atom. The number of carbonyl (C=O) groups is 1. The average molecular weight is 283 g/mol. The van der Waals surface area contributed by atoms with Gasteiger partial charge >= 0.3 is 0 Å². The molecule has 0 heterocycles. The molecule has 0 fully saturated rings. The molecule has 0 radical (unpaired) electrons. The second-order valence-electron chi connectivity index (χ2n) is 3.79. The van der Waals surface area contributed by atoms with Crippen LogP contribution >= 0.6 is 11.6 Å². The highest BCUT2D eigenvalue weighted by molar-refractivity contribution is 6.31. The summed E-state index contributed by atoms with van der Waals surface area (Å²) in [4.78, 5) is 11.8. The average Bonchev–Trinajstić information content (AvgIpc) is 2.37. The number of halogens is 3. The Morgan fingerprint density at radius 1 is 1.21 bits per heavy atom. The molecule has 0 unspecified atom stereocenters. The summed E-state index contributed by atoms with van der Waals surface area (Å²) in [6.07, 6.45) is 0. The monoisotopic (exact) mass is 282 g/mol. The predicted molar refractivity (Wildman–Crippen MR) is 70.2 cm³/mol. The van der Waals surface area contributed by atoms with Crippen molar-refractivity contribution in [2.75, 3.05) is 11.1 Å². The molecule has 2 aromatic carbocycles. The molecule has 6 heteroatoms. The van der Waals surface area contributed by atoms with Gasteiger partial charge in [-0.25, -0.2) is 8.78 Å². The van der Waals surface area contributed by atoms with Crippen molar-refractivity contribution in [3.05, 3.63) is 58.6 Å². The van der Waals surface area contributed by atoms with E-state index in [1.165, 1.54) is 30.3 Å². The molecule has 0 spiro atoms. The molecule has 0 aliphatic carbocycles. The van der Waals surface area contributed by atoms with Crippen LogP contribution in [-0.4, -0.2) is 5.91 Å². The maximum absolute atomic E-state index is 13.6. The van der Waals surface area contributed by atoms with Gasteiger partial charge in [0.2, 0.25) is 0 Å². The van der Waals surface area contributed by atoms with Crippen LogP contribution in [0.5, 0.6) is 0 Å². The summed E-state index contributed by atoms with van der Waals surface area (Å²) in [6, 6.07) is 7.70. The SMILES string of the molecule is Nc1ccc(F)c(NC(=O)c2cccc(Cl)c2F)c1. The molecular weight excluding hydrogens is 274 g/mol. The predicted octanol–water partition coefficient (Wildman–Crippen LogP) is 3.45. The third kappa shape index (κ3) is 2.82. The van der Waals surface area contributed by atoms with Gasteiger partial charge < -0.3 is 11.1 Å². The van der Waals surface area contributed by atoms with Crippen molar-refractivity contribution in [3.63, 3.8) is 0 Å². The maximum Gasteiger partial charge on any atom is 0.258 e. The van der Waals surface area contributed by atoms with E-state index >= 15 is 0 Å². The molecule has 3 nitrogen and oxygen atoms in total. The Kier molecular flexibility index (Phi) is 3.66. The van der Waals surface area contributed by atoms with Crippen molar-refractivity contribution in [3.8, 4) is 0 Å². The van der Waals surface area contributed by atoms with E-state index in [1.54, 1.807) is 0 Å². The molecule has 0 aliphatic heterocycles. The van der Waals surface area contributed by atoms with Crippen molar-refractivity contribution < 1.29 is 13.6 Å². The molecule has 0 aliphatic rings. The summed E-state index contributed by atoms with van der Waals surface area (Å²) in [5.41, 5.74) is 5.37. The number of hydrogen-bond donors (Lipinski definition) is 2. The number of benzene rings is 2. The third-order valence-corrected chi connectivity index (χ3v) is 2.73. The fraction of sp³-hybridized carbons (Fsp3) is 0. The minimum absolute atomic E-state index is 0.121. The zero-order valence-corrected chi connectivity index (χ0v) is 10.3. The summed E-state index contributed by atoms with van der Waals surface area (Å²) >= 11 is 5.57. The second kappa shape index (κ2) is 5.24. The molecule has 0 bridgehead atoms. The van der Waals surface area contributed by atoms with E-state index in [1.807, 2.05) is 0 Å². The molecule has 2 rings (SSSR count). The minimum atomic E-state index is -0.856. The van der Waals surface area contributed by atoms with Gasteiger partial charge in [-0.15, -0.1) is 0 Å². The molecule has 0 aromatic heterocycles. The first kappa shape index (κ1) is 13.3. The van der Waals surface area contributed by atoms with Crippen LogP contribution in [0.4, 0.5) is 20.2 Å². The van der Waals surface area contributed by atoms with Crippen molar-refractivity contribution in [1.82, 2.24) is 0 Å². The fourth-order valence-corrected chi connectivity index (χ4v) is 1.68. The summed E-state index contributed by atoms with van der Waals surface area (Å²) in [5.74, 6) is -2.32. The highest BCUT2D eigenvalue weighted by Crippen LogP contribution is 2.21. The fourth-order valence-electron chi connectivity index (χ4n) is 1.51. The van der Waals surface area contributed by atoms with Crippen LogP contribution in [0.1, 0.15) is 10.4 Å².